The average Bonchev–Trinajstić information content (AvgIpc) is 2.38. The van der Waals surface area contributed by atoms with E-state index in [1.807, 2.05) is 35.2 Å². The molecule has 18 heavy (non-hydrogen) atoms. The number of hydrogen-bond acceptors (Lipinski definition) is 3. The maximum atomic E-state index is 12.4. The maximum absolute atomic E-state index is 12.4. The number of piperazine rings is 1. The van der Waals surface area contributed by atoms with Crippen molar-refractivity contribution in [3.8, 4) is 0 Å². The van der Waals surface area contributed by atoms with Gasteiger partial charge in [0.2, 0.25) is 5.91 Å². The fraction of sp³-hybridized carbons (Fsp3) is 0.500. The summed E-state index contributed by atoms with van der Waals surface area (Å²) in [6, 6.07) is 9.25. The summed E-state index contributed by atoms with van der Waals surface area (Å²) in [5.74, 6) is 0.0294. The highest BCUT2D eigenvalue weighted by atomic mass is 16.2. The Kier molecular flexibility index (Phi) is 3.99. The normalized spacial score (nSPS) is 22.8. The quantitative estimate of drug-likeness (QED) is 0.843. The van der Waals surface area contributed by atoms with Gasteiger partial charge in [0.15, 0.2) is 0 Å². The van der Waals surface area contributed by atoms with Crippen LogP contribution in [0.3, 0.4) is 0 Å². The standard InChI is InChI=1S/C14H21N3O/c1-11-10-16(2)8-9-17(11)14(18)13(15)12-6-4-3-5-7-12/h3-7,11,13H,8-10,15H2,1-2H3/t11?,13-/m0/s1. The van der Waals surface area contributed by atoms with Crippen molar-refractivity contribution in [2.24, 2.45) is 5.73 Å². The number of carbonyl (C=O) groups excluding carboxylic acids is 1. The molecule has 0 aliphatic carbocycles. The molecule has 1 aromatic rings. The summed E-state index contributed by atoms with van der Waals surface area (Å²) in [5, 5.41) is 0. The van der Waals surface area contributed by atoms with Crippen LogP contribution < -0.4 is 5.73 Å². The first-order valence-electron chi connectivity index (χ1n) is 6.39. The second kappa shape index (κ2) is 5.50. The molecule has 1 fully saturated rings. The zero-order valence-electron chi connectivity index (χ0n) is 11.0. The fourth-order valence-corrected chi connectivity index (χ4v) is 2.45. The third-order valence-electron chi connectivity index (χ3n) is 3.54. The molecule has 98 valence electrons. The molecule has 0 saturated carbocycles. The van der Waals surface area contributed by atoms with Gasteiger partial charge in [-0.1, -0.05) is 30.3 Å². The molecule has 1 saturated heterocycles. The third kappa shape index (κ3) is 2.71. The minimum absolute atomic E-state index is 0.0294. The summed E-state index contributed by atoms with van der Waals surface area (Å²) in [6.45, 7) is 4.66. The zero-order valence-corrected chi connectivity index (χ0v) is 11.0. The molecule has 2 atom stereocenters. The highest BCUT2D eigenvalue weighted by Crippen LogP contribution is 2.17. The molecule has 1 aliphatic rings. The van der Waals surface area contributed by atoms with Crippen LogP contribution in [-0.4, -0.2) is 48.4 Å². The molecular formula is C14H21N3O. The van der Waals surface area contributed by atoms with Crippen molar-refractivity contribution in [2.75, 3.05) is 26.7 Å². The molecule has 1 aliphatic heterocycles. The van der Waals surface area contributed by atoms with Gasteiger partial charge in [-0.15, -0.1) is 0 Å². The highest BCUT2D eigenvalue weighted by Gasteiger charge is 2.29. The number of nitrogens with zero attached hydrogens (tertiary/aromatic N) is 2. The van der Waals surface area contributed by atoms with Gasteiger partial charge < -0.3 is 15.5 Å². The Bertz CT molecular complexity index is 407. The highest BCUT2D eigenvalue weighted by molar-refractivity contribution is 5.83. The average molecular weight is 247 g/mol. The van der Waals surface area contributed by atoms with Crippen LogP contribution in [0.1, 0.15) is 18.5 Å². The van der Waals surface area contributed by atoms with Gasteiger partial charge >= 0.3 is 0 Å². The number of likely N-dealkylation sites (N-methyl/N-ethyl adjacent to an activating group) is 1. The van der Waals surface area contributed by atoms with Crippen molar-refractivity contribution in [2.45, 2.75) is 19.0 Å². The fourth-order valence-electron chi connectivity index (χ4n) is 2.45. The Morgan fingerprint density at radius 1 is 1.33 bits per heavy atom. The van der Waals surface area contributed by atoms with Crippen LogP contribution in [0.5, 0.6) is 0 Å². The van der Waals surface area contributed by atoms with Crippen molar-refractivity contribution >= 4 is 5.91 Å². The summed E-state index contributed by atoms with van der Waals surface area (Å²) in [6.07, 6.45) is 0. The SMILES string of the molecule is CC1CN(C)CCN1C(=O)[C@@H](N)c1ccccc1. The molecule has 1 heterocycles. The van der Waals surface area contributed by atoms with E-state index in [9.17, 15) is 4.79 Å². The number of rotatable bonds is 2. The van der Waals surface area contributed by atoms with Crippen molar-refractivity contribution in [1.29, 1.82) is 0 Å². The summed E-state index contributed by atoms with van der Waals surface area (Å²) >= 11 is 0. The van der Waals surface area contributed by atoms with Crippen LogP contribution in [0.25, 0.3) is 0 Å². The Balaban J connectivity index is 2.07. The largest absolute Gasteiger partial charge is 0.336 e. The van der Waals surface area contributed by atoms with Crippen LogP contribution in [0.15, 0.2) is 30.3 Å². The first kappa shape index (κ1) is 13.1. The molecule has 1 amide bonds. The number of hydrogen-bond donors (Lipinski definition) is 1. The third-order valence-corrected chi connectivity index (χ3v) is 3.54. The van der Waals surface area contributed by atoms with Crippen molar-refractivity contribution < 1.29 is 4.79 Å². The van der Waals surface area contributed by atoms with Gasteiger partial charge in [-0.05, 0) is 19.5 Å². The van der Waals surface area contributed by atoms with Crippen LogP contribution in [-0.2, 0) is 4.79 Å². The van der Waals surface area contributed by atoms with E-state index in [2.05, 4.69) is 18.9 Å². The van der Waals surface area contributed by atoms with Gasteiger partial charge in [0.1, 0.15) is 6.04 Å². The molecule has 2 N–H and O–H groups in total. The minimum Gasteiger partial charge on any atom is -0.336 e. The number of carbonyl (C=O) groups is 1. The van der Waals surface area contributed by atoms with E-state index < -0.39 is 6.04 Å². The Labute approximate surface area is 108 Å². The summed E-state index contributed by atoms with van der Waals surface area (Å²) in [5.41, 5.74) is 6.94. The molecule has 1 unspecified atom stereocenters. The van der Waals surface area contributed by atoms with Gasteiger partial charge in [0.05, 0.1) is 0 Å². The van der Waals surface area contributed by atoms with E-state index in [4.69, 9.17) is 5.73 Å². The topological polar surface area (TPSA) is 49.6 Å². The Morgan fingerprint density at radius 2 is 2.00 bits per heavy atom. The lowest BCUT2D eigenvalue weighted by Crippen LogP contribution is -2.54. The lowest BCUT2D eigenvalue weighted by molar-refractivity contribution is -0.137. The van der Waals surface area contributed by atoms with Gasteiger partial charge in [0.25, 0.3) is 0 Å². The van der Waals surface area contributed by atoms with Crippen LogP contribution in [0.2, 0.25) is 0 Å². The van der Waals surface area contributed by atoms with E-state index in [1.165, 1.54) is 0 Å². The lowest BCUT2D eigenvalue weighted by atomic mass is 10.0. The van der Waals surface area contributed by atoms with E-state index in [1.54, 1.807) is 0 Å². The molecule has 4 heteroatoms. The number of nitrogens with two attached hydrogens (primary N) is 1. The van der Waals surface area contributed by atoms with Gasteiger partial charge in [0, 0.05) is 25.7 Å². The van der Waals surface area contributed by atoms with Gasteiger partial charge in [-0.3, -0.25) is 4.79 Å². The Morgan fingerprint density at radius 3 is 2.61 bits per heavy atom. The molecular weight excluding hydrogens is 226 g/mol. The second-order valence-corrected chi connectivity index (χ2v) is 5.03. The second-order valence-electron chi connectivity index (χ2n) is 5.03. The van der Waals surface area contributed by atoms with Gasteiger partial charge in [-0.25, -0.2) is 0 Å². The number of benzene rings is 1. The van der Waals surface area contributed by atoms with E-state index in [0.29, 0.717) is 0 Å². The summed E-state index contributed by atoms with van der Waals surface area (Å²) in [4.78, 5) is 16.5. The first-order chi connectivity index (χ1) is 8.59. The van der Waals surface area contributed by atoms with Crippen LogP contribution in [0.4, 0.5) is 0 Å². The van der Waals surface area contributed by atoms with E-state index >= 15 is 0 Å². The van der Waals surface area contributed by atoms with Crippen LogP contribution >= 0.6 is 0 Å². The lowest BCUT2D eigenvalue weighted by Gasteiger charge is -2.39. The van der Waals surface area contributed by atoms with E-state index in [0.717, 1.165) is 25.2 Å². The van der Waals surface area contributed by atoms with Crippen molar-refractivity contribution in [3.63, 3.8) is 0 Å². The Hall–Kier alpha value is -1.39. The molecule has 0 aromatic heterocycles. The summed E-state index contributed by atoms with van der Waals surface area (Å²) < 4.78 is 0. The molecule has 4 nitrogen and oxygen atoms in total. The predicted molar refractivity (Wildman–Crippen MR) is 72.0 cm³/mol. The maximum Gasteiger partial charge on any atom is 0.244 e. The monoisotopic (exact) mass is 247 g/mol. The molecule has 0 radical (unpaired) electrons. The minimum atomic E-state index is -0.544. The van der Waals surface area contributed by atoms with Crippen molar-refractivity contribution in [1.82, 2.24) is 9.80 Å². The molecule has 1 aromatic carbocycles. The van der Waals surface area contributed by atoms with Crippen molar-refractivity contribution in [3.05, 3.63) is 35.9 Å². The van der Waals surface area contributed by atoms with Gasteiger partial charge in [-0.2, -0.15) is 0 Å². The predicted octanol–water partition coefficient (Wildman–Crippen LogP) is 0.849. The summed E-state index contributed by atoms with van der Waals surface area (Å²) in [7, 11) is 2.08. The first-order valence-corrected chi connectivity index (χ1v) is 6.39. The van der Waals surface area contributed by atoms with Crippen LogP contribution in [0, 0.1) is 0 Å². The molecule has 0 spiro atoms. The molecule has 0 bridgehead atoms. The van der Waals surface area contributed by atoms with E-state index in [-0.39, 0.29) is 11.9 Å². The smallest absolute Gasteiger partial charge is 0.244 e. The molecule has 2 rings (SSSR count). The number of amides is 1. The zero-order chi connectivity index (χ0) is 13.1.